The standard InChI is InChI=1S/C31H44O6/c1-20-15-22(28(34)24(17-20)30(3,4)13-9-11-26(32)36-7)19-23-16-21(2)18-25(29(23)35)31(5,6)14-10-12-27(33)37-8/h15-18,34-35H,9-14,19H2,1-8H3. The van der Waals surface area contributed by atoms with Crippen LogP contribution in [-0.2, 0) is 36.3 Å². The van der Waals surface area contributed by atoms with E-state index >= 15 is 0 Å². The Balaban J connectivity index is 2.37. The highest BCUT2D eigenvalue weighted by Crippen LogP contribution is 2.42. The number of methoxy groups -OCH3 is 2. The number of hydrogen-bond donors (Lipinski definition) is 2. The SMILES string of the molecule is COC(=O)CCCC(C)(C)c1cc(C)cc(Cc2cc(C)cc(C(C)(C)CCCC(=O)OC)c2O)c1O. The van der Waals surface area contributed by atoms with Gasteiger partial charge in [0.1, 0.15) is 11.5 Å². The van der Waals surface area contributed by atoms with Gasteiger partial charge in [0.15, 0.2) is 0 Å². The van der Waals surface area contributed by atoms with Crippen LogP contribution in [0.3, 0.4) is 0 Å². The van der Waals surface area contributed by atoms with Crippen LogP contribution in [0.15, 0.2) is 24.3 Å². The van der Waals surface area contributed by atoms with Crippen molar-refractivity contribution in [2.45, 2.75) is 97.3 Å². The van der Waals surface area contributed by atoms with Crippen molar-refractivity contribution in [2.24, 2.45) is 0 Å². The van der Waals surface area contributed by atoms with Crippen molar-refractivity contribution in [3.63, 3.8) is 0 Å². The van der Waals surface area contributed by atoms with Crippen molar-refractivity contribution in [3.8, 4) is 11.5 Å². The Kier molecular flexibility index (Phi) is 10.2. The number of ether oxygens (including phenoxy) is 2. The fraction of sp³-hybridized carbons (Fsp3) is 0.548. The minimum atomic E-state index is -0.347. The summed E-state index contributed by atoms with van der Waals surface area (Å²) in [7, 11) is 2.78. The molecule has 6 nitrogen and oxygen atoms in total. The van der Waals surface area contributed by atoms with Gasteiger partial charge >= 0.3 is 11.9 Å². The molecule has 0 saturated carbocycles. The summed E-state index contributed by atoms with van der Waals surface area (Å²) in [6, 6.07) is 7.93. The zero-order valence-electron chi connectivity index (χ0n) is 23.8. The molecule has 0 heterocycles. The molecule has 0 amide bonds. The normalized spacial score (nSPS) is 11.9. The smallest absolute Gasteiger partial charge is 0.305 e. The Morgan fingerprint density at radius 3 is 1.38 bits per heavy atom. The molecule has 2 aromatic carbocycles. The summed E-state index contributed by atoms with van der Waals surface area (Å²) >= 11 is 0. The van der Waals surface area contributed by atoms with E-state index in [9.17, 15) is 19.8 Å². The molecule has 0 saturated heterocycles. The molecule has 0 aliphatic carbocycles. The second-order valence-electron chi connectivity index (χ2n) is 11.4. The molecule has 0 atom stereocenters. The van der Waals surface area contributed by atoms with Gasteiger partial charge in [-0.25, -0.2) is 0 Å². The lowest BCUT2D eigenvalue weighted by Gasteiger charge is -2.29. The lowest BCUT2D eigenvalue weighted by Crippen LogP contribution is -2.19. The summed E-state index contributed by atoms with van der Waals surface area (Å²) in [6.45, 7) is 12.3. The van der Waals surface area contributed by atoms with Crippen LogP contribution in [0.5, 0.6) is 11.5 Å². The molecule has 0 aliphatic heterocycles. The number of esters is 2. The lowest BCUT2D eigenvalue weighted by atomic mass is 9.76. The zero-order valence-corrected chi connectivity index (χ0v) is 23.8. The Bertz CT molecular complexity index is 1030. The third-order valence-corrected chi connectivity index (χ3v) is 7.33. The quantitative estimate of drug-likeness (QED) is 0.313. The second-order valence-corrected chi connectivity index (χ2v) is 11.4. The summed E-state index contributed by atoms with van der Waals surface area (Å²) in [4.78, 5) is 23.1. The first-order valence-corrected chi connectivity index (χ1v) is 13.0. The van der Waals surface area contributed by atoms with Gasteiger partial charge in [0.05, 0.1) is 14.2 Å². The minimum absolute atomic E-state index is 0.230. The second kappa shape index (κ2) is 12.5. The molecule has 204 valence electrons. The first-order chi connectivity index (χ1) is 17.2. The Labute approximate surface area is 222 Å². The van der Waals surface area contributed by atoms with Gasteiger partial charge in [-0.05, 0) is 61.5 Å². The van der Waals surface area contributed by atoms with Gasteiger partial charge in [0.2, 0.25) is 0 Å². The predicted molar refractivity (Wildman–Crippen MR) is 146 cm³/mol. The molecule has 0 unspecified atom stereocenters. The maximum absolute atomic E-state index is 11.6. The van der Waals surface area contributed by atoms with Crippen molar-refractivity contribution >= 4 is 11.9 Å². The number of hydrogen-bond acceptors (Lipinski definition) is 6. The molecule has 0 aliphatic rings. The first-order valence-electron chi connectivity index (χ1n) is 13.0. The molecule has 2 rings (SSSR count). The highest BCUT2D eigenvalue weighted by molar-refractivity contribution is 5.69. The summed E-state index contributed by atoms with van der Waals surface area (Å²) in [5, 5.41) is 22.7. The summed E-state index contributed by atoms with van der Waals surface area (Å²) < 4.78 is 9.52. The highest BCUT2D eigenvalue weighted by Gasteiger charge is 2.28. The van der Waals surface area contributed by atoms with Crippen LogP contribution >= 0.6 is 0 Å². The van der Waals surface area contributed by atoms with E-state index < -0.39 is 0 Å². The Morgan fingerprint density at radius 1 is 0.703 bits per heavy atom. The summed E-state index contributed by atoms with van der Waals surface area (Å²) in [6.07, 6.45) is 3.84. The van der Waals surface area contributed by atoms with E-state index in [0.717, 1.165) is 46.2 Å². The number of carbonyl (C=O) groups is 2. The molecule has 0 fully saturated rings. The molecule has 2 aromatic rings. The summed E-state index contributed by atoms with van der Waals surface area (Å²) in [5.41, 5.74) is 4.54. The average molecular weight is 513 g/mol. The van der Waals surface area contributed by atoms with E-state index in [-0.39, 0.29) is 34.3 Å². The molecule has 0 bridgehead atoms. The molecular weight excluding hydrogens is 468 g/mol. The van der Waals surface area contributed by atoms with Crippen LogP contribution in [-0.4, -0.2) is 36.4 Å². The molecule has 0 radical (unpaired) electrons. The third kappa shape index (κ3) is 7.98. The monoisotopic (exact) mass is 512 g/mol. The van der Waals surface area contributed by atoms with E-state index in [1.54, 1.807) is 0 Å². The number of phenolic OH excluding ortho intramolecular Hbond substituents is 2. The van der Waals surface area contributed by atoms with Gasteiger partial charge in [0.25, 0.3) is 0 Å². The van der Waals surface area contributed by atoms with E-state index in [4.69, 9.17) is 9.47 Å². The topological polar surface area (TPSA) is 93.1 Å². The van der Waals surface area contributed by atoms with Crippen LogP contribution in [0.2, 0.25) is 0 Å². The Morgan fingerprint density at radius 2 is 1.05 bits per heavy atom. The van der Waals surface area contributed by atoms with Crippen molar-refractivity contribution < 1.29 is 29.3 Å². The van der Waals surface area contributed by atoms with E-state index in [0.29, 0.717) is 32.1 Å². The number of aryl methyl sites for hydroxylation is 2. The van der Waals surface area contributed by atoms with Crippen molar-refractivity contribution in [1.82, 2.24) is 0 Å². The van der Waals surface area contributed by atoms with E-state index in [2.05, 4.69) is 27.7 Å². The largest absolute Gasteiger partial charge is 0.507 e. The molecule has 37 heavy (non-hydrogen) atoms. The van der Waals surface area contributed by atoms with Gasteiger partial charge in [-0.15, -0.1) is 0 Å². The summed E-state index contributed by atoms with van der Waals surface area (Å²) in [5.74, 6) is -0.00488. The van der Waals surface area contributed by atoms with Gasteiger partial charge < -0.3 is 19.7 Å². The number of benzene rings is 2. The molecular formula is C31H44O6. The number of carbonyl (C=O) groups excluding carboxylic acids is 2. The minimum Gasteiger partial charge on any atom is -0.507 e. The molecule has 2 N–H and O–H groups in total. The van der Waals surface area contributed by atoms with Gasteiger partial charge in [-0.3, -0.25) is 9.59 Å². The number of aromatic hydroxyl groups is 2. The highest BCUT2D eigenvalue weighted by atomic mass is 16.5. The molecule has 0 aromatic heterocycles. The average Bonchev–Trinajstić information content (AvgIpc) is 2.82. The first kappa shape index (κ1) is 30.2. The number of rotatable bonds is 12. The lowest BCUT2D eigenvalue weighted by molar-refractivity contribution is -0.141. The van der Waals surface area contributed by atoms with Crippen LogP contribution < -0.4 is 0 Å². The van der Waals surface area contributed by atoms with Crippen molar-refractivity contribution in [2.75, 3.05) is 14.2 Å². The maximum Gasteiger partial charge on any atom is 0.305 e. The fourth-order valence-corrected chi connectivity index (χ4v) is 5.04. The number of phenols is 2. The van der Waals surface area contributed by atoms with E-state index in [1.165, 1.54) is 14.2 Å². The van der Waals surface area contributed by atoms with Crippen LogP contribution in [0.1, 0.15) is 99.6 Å². The van der Waals surface area contributed by atoms with Crippen LogP contribution in [0, 0.1) is 13.8 Å². The van der Waals surface area contributed by atoms with Crippen molar-refractivity contribution in [1.29, 1.82) is 0 Å². The fourth-order valence-electron chi connectivity index (χ4n) is 5.04. The van der Waals surface area contributed by atoms with Gasteiger partial charge in [0, 0.05) is 30.4 Å². The van der Waals surface area contributed by atoms with Crippen molar-refractivity contribution in [3.05, 3.63) is 57.6 Å². The predicted octanol–water partition coefficient (Wildman–Crippen LogP) is 6.55. The Hall–Kier alpha value is -3.02. The van der Waals surface area contributed by atoms with Gasteiger partial charge in [-0.2, -0.15) is 0 Å². The van der Waals surface area contributed by atoms with Crippen LogP contribution in [0.4, 0.5) is 0 Å². The maximum atomic E-state index is 11.6. The molecule has 0 spiro atoms. The van der Waals surface area contributed by atoms with Gasteiger partial charge in [-0.1, -0.05) is 63.1 Å². The molecule has 6 heteroatoms. The zero-order chi connectivity index (χ0) is 28.0. The third-order valence-electron chi connectivity index (χ3n) is 7.33. The van der Waals surface area contributed by atoms with Crippen LogP contribution in [0.25, 0.3) is 0 Å². The van der Waals surface area contributed by atoms with E-state index in [1.807, 2.05) is 38.1 Å².